The van der Waals surface area contributed by atoms with Gasteiger partial charge in [-0.05, 0) is 43.0 Å². The zero-order valence-corrected chi connectivity index (χ0v) is 14.5. The highest BCUT2D eigenvalue weighted by molar-refractivity contribution is 14.2. The van der Waals surface area contributed by atoms with Crippen LogP contribution in [-0.2, 0) is 6.42 Å². The number of nitrogens with zero attached hydrogens (tertiary/aromatic N) is 1. The third kappa shape index (κ3) is 3.43. The Morgan fingerprint density at radius 3 is 2.83 bits per heavy atom. The molecule has 0 fully saturated rings. The molecular formula is C13H15BrINOS. The van der Waals surface area contributed by atoms with Crippen LogP contribution in [0.25, 0.3) is 10.9 Å². The largest absolute Gasteiger partial charge is 0.396 e. The molecule has 2 nitrogen and oxygen atoms in total. The van der Waals surface area contributed by atoms with E-state index in [1.807, 2.05) is 0 Å². The summed E-state index contributed by atoms with van der Waals surface area (Å²) in [5, 5.41) is 10.1. The van der Waals surface area contributed by atoms with Crippen LogP contribution < -0.4 is 0 Å². The maximum Gasteiger partial charge on any atom is 0.0602 e. The highest BCUT2D eigenvalue weighted by Crippen LogP contribution is 2.31. The third-order valence-corrected chi connectivity index (χ3v) is 5.21. The van der Waals surface area contributed by atoms with Crippen molar-refractivity contribution in [3.05, 3.63) is 34.4 Å². The van der Waals surface area contributed by atoms with Crippen LogP contribution in [0, 0.1) is 0 Å². The van der Waals surface area contributed by atoms with Gasteiger partial charge in [0.2, 0.25) is 0 Å². The molecule has 0 aliphatic heterocycles. The van der Waals surface area contributed by atoms with Crippen molar-refractivity contribution in [3.8, 4) is 0 Å². The Bertz CT molecular complexity index is 529. The van der Waals surface area contributed by atoms with E-state index in [0.717, 1.165) is 30.2 Å². The van der Waals surface area contributed by atoms with E-state index in [2.05, 4.69) is 65.5 Å². The highest BCUT2D eigenvalue weighted by Gasteiger charge is 2.08. The summed E-state index contributed by atoms with van der Waals surface area (Å²) >= 11 is 5.85. The summed E-state index contributed by atoms with van der Waals surface area (Å²) in [7, 11) is 1.70. The minimum atomic E-state index is 0.302. The predicted octanol–water partition coefficient (Wildman–Crippen LogP) is 4.96. The van der Waals surface area contributed by atoms with Crippen LogP contribution >= 0.6 is 46.3 Å². The molecule has 0 bridgehead atoms. The lowest BCUT2D eigenvalue weighted by molar-refractivity contribution is 0.283. The highest BCUT2D eigenvalue weighted by atomic mass is 127. The number of aliphatic hydroxyl groups is 1. The Morgan fingerprint density at radius 1 is 1.28 bits per heavy atom. The summed E-state index contributed by atoms with van der Waals surface area (Å²) in [5.41, 5.74) is 2.67. The summed E-state index contributed by atoms with van der Waals surface area (Å²) in [4.78, 5) is 0. The van der Waals surface area contributed by atoms with Gasteiger partial charge >= 0.3 is 0 Å². The van der Waals surface area contributed by atoms with Crippen molar-refractivity contribution >= 4 is 57.2 Å². The van der Waals surface area contributed by atoms with Crippen molar-refractivity contribution in [2.24, 2.45) is 0 Å². The first-order valence-corrected chi connectivity index (χ1v) is 10.1. The Balaban J connectivity index is 2.23. The maximum absolute atomic E-state index is 8.80. The van der Waals surface area contributed by atoms with Gasteiger partial charge in [0.15, 0.2) is 0 Å². The van der Waals surface area contributed by atoms with E-state index < -0.39 is 0 Å². The topological polar surface area (TPSA) is 25.2 Å². The molecule has 1 aromatic carbocycles. The second-order valence-corrected chi connectivity index (χ2v) is 6.87. The van der Waals surface area contributed by atoms with Gasteiger partial charge in [0.1, 0.15) is 0 Å². The lowest BCUT2D eigenvalue weighted by atomic mass is 10.1. The molecule has 2 aromatic rings. The lowest BCUT2D eigenvalue weighted by Gasteiger charge is -1.99. The minimum Gasteiger partial charge on any atom is -0.396 e. The number of halogens is 2. The number of aliphatic hydroxyl groups excluding tert-OH is 1. The molecule has 0 radical (unpaired) electrons. The van der Waals surface area contributed by atoms with Gasteiger partial charge in [0.05, 0.1) is 5.52 Å². The molecule has 0 saturated carbocycles. The zero-order valence-electron chi connectivity index (χ0n) is 9.90. The Labute approximate surface area is 132 Å². The van der Waals surface area contributed by atoms with Gasteiger partial charge in [-0.25, -0.2) is 0 Å². The molecule has 2 rings (SSSR count). The van der Waals surface area contributed by atoms with Gasteiger partial charge in [0, 0.05) is 53.0 Å². The fourth-order valence-electron chi connectivity index (χ4n) is 2.10. The number of aryl methyl sites for hydroxylation is 1. The molecule has 0 unspecified atom stereocenters. The molecule has 98 valence electrons. The van der Waals surface area contributed by atoms with Crippen LogP contribution in [0.4, 0.5) is 0 Å². The normalized spacial score (nSPS) is 11.3. The minimum absolute atomic E-state index is 0.302. The lowest BCUT2D eigenvalue weighted by Crippen LogP contribution is -1.87. The van der Waals surface area contributed by atoms with Crippen LogP contribution in [-0.4, -0.2) is 15.7 Å². The second kappa shape index (κ2) is 7.17. The quantitative estimate of drug-likeness (QED) is 0.508. The molecule has 1 heterocycles. The molecule has 1 aromatic heterocycles. The van der Waals surface area contributed by atoms with Gasteiger partial charge in [0.25, 0.3) is 0 Å². The van der Waals surface area contributed by atoms with Crippen molar-refractivity contribution in [2.75, 3.05) is 6.61 Å². The average Bonchev–Trinajstić information content (AvgIpc) is 2.72. The van der Waals surface area contributed by atoms with E-state index in [-0.39, 0.29) is 0 Å². The summed E-state index contributed by atoms with van der Waals surface area (Å²) < 4.78 is 3.34. The van der Waals surface area contributed by atoms with Crippen LogP contribution in [0.5, 0.6) is 0 Å². The first-order chi connectivity index (χ1) is 8.76. The molecular weight excluding hydrogens is 425 g/mol. The van der Waals surface area contributed by atoms with E-state index in [1.54, 1.807) is 9.12 Å². The number of benzene rings is 1. The van der Waals surface area contributed by atoms with Crippen LogP contribution in [0.15, 0.2) is 28.9 Å². The van der Waals surface area contributed by atoms with Gasteiger partial charge in [-0.15, -0.1) is 0 Å². The van der Waals surface area contributed by atoms with E-state index in [1.165, 1.54) is 16.5 Å². The predicted molar refractivity (Wildman–Crippen MR) is 91.3 cm³/mol. The van der Waals surface area contributed by atoms with Crippen molar-refractivity contribution < 1.29 is 5.11 Å². The van der Waals surface area contributed by atoms with E-state index >= 15 is 0 Å². The van der Waals surface area contributed by atoms with Crippen LogP contribution in [0.1, 0.15) is 24.8 Å². The Hall–Kier alpha value is 0.280. The molecule has 0 spiro atoms. The molecule has 0 amide bonds. The summed E-state index contributed by atoms with van der Waals surface area (Å²) in [6.45, 7) is 0.302. The van der Waals surface area contributed by atoms with Gasteiger partial charge in [-0.2, -0.15) is 0 Å². The molecule has 18 heavy (non-hydrogen) atoms. The Morgan fingerprint density at radius 2 is 2.11 bits per heavy atom. The Kier molecular flexibility index (Phi) is 5.85. The molecule has 5 heteroatoms. The van der Waals surface area contributed by atoms with Gasteiger partial charge < -0.3 is 5.11 Å². The fourth-order valence-corrected chi connectivity index (χ4v) is 3.84. The number of fused-ring (bicyclic) bond motifs is 1. The first kappa shape index (κ1) is 14.7. The summed E-state index contributed by atoms with van der Waals surface area (Å²) in [6.07, 6.45) is 6.44. The van der Waals surface area contributed by atoms with Gasteiger partial charge in [-0.3, -0.25) is 3.97 Å². The zero-order chi connectivity index (χ0) is 13.0. The third-order valence-electron chi connectivity index (χ3n) is 2.99. The monoisotopic (exact) mass is 439 g/mol. The van der Waals surface area contributed by atoms with Crippen LogP contribution in [0.3, 0.4) is 0 Å². The van der Waals surface area contributed by atoms with E-state index in [4.69, 9.17) is 5.11 Å². The van der Waals surface area contributed by atoms with Crippen molar-refractivity contribution in [1.29, 1.82) is 0 Å². The smallest absolute Gasteiger partial charge is 0.0602 e. The van der Waals surface area contributed by atoms with Crippen molar-refractivity contribution in [1.82, 2.24) is 3.97 Å². The summed E-state index contributed by atoms with van der Waals surface area (Å²) in [5.74, 6) is 0. The van der Waals surface area contributed by atoms with Crippen molar-refractivity contribution in [2.45, 2.75) is 25.7 Å². The molecule has 0 aliphatic carbocycles. The second-order valence-electron chi connectivity index (χ2n) is 4.24. The number of rotatable bonds is 6. The van der Waals surface area contributed by atoms with Crippen molar-refractivity contribution in [3.63, 3.8) is 0 Å². The average molecular weight is 440 g/mol. The molecule has 0 aliphatic rings. The molecule has 0 saturated heterocycles. The summed E-state index contributed by atoms with van der Waals surface area (Å²) in [6, 6.07) is 6.43. The van der Waals surface area contributed by atoms with Crippen LogP contribution in [0.2, 0.25) is 0 Å². The molecule has 0 atom stereocenters. The van der Waals surface area contributed by atoms with E-state index in [0.29, 0.717) is 6.61 Å². The fraction of sp³-hybridized carbons (Fsp3) is 0.385. The first-order valence-electron chi connectivity index (χ1n) is 5.95. The number of hydrogen-bond donors (Lipinski definition) is 1. The molecule has 1 N–H and O–H groups in total. The standard InChI is InChI=1S/C13H15BrINOS/c14-11-5-6-13-12(8-11)10(9-16(13)18-15)4-2-1-3-7-17/h5-6,8-9,17H,1-4,7H2. The maximum atomic E-state index is 8.80. The number of aromatic nitrogens is 1. The number of unbranched alkanes of at least 4 members (excludes halogenated alkanes) is 2. The number of hydrogen-bond acceptors (Lipinski definition) is 2. The SMILES string of the molecule is OCCCCCc1cn(SI)c2ccc(Br)cc12. The van der Waals surface area contributed by atoms with Gasteiger partial charge in [-0.1, -0.05) is 22.4 Å². The van der Waals surface area contributed by atoms with E-state index in [9.17, 15) is 0 Å².